The second-order valence-electron chi connectivity index (χ2n) is 4.97. The van der Waals surface area contributed by atoms with E-state index in [-0.39, 0.29) is 24.6 Å². The molecule has 6 heteroatoms. The van der Waals surface area contributed by atoms with Crippen LogP contribution in [0.3, 0.4) is 0 Å². The molecular formula is C13H14F3NO2. The molecule has 1 heterocycles. The van der Waals surface area contributed by atoms with Gasteiger partial charge < -0.3 is 5.11 Å². The van der Waals surface area contributed by atoms with Crippen LogP contribution in [0.4, 0.5) is 13.2 Å². The van der Waals surface area contributed by atoms with Gasteiger partial charge >= 0.3 is 5.97 Å². The topological polar surface area (TPSA) is 40.5 Å². The molecule has 1 aliphatic rings. The number of benzene rings is 1. The molecule has 1 saturated heterocycles. The van der Waals surface area contributed by atoms with Crippen molar-refractivity contribution in [3.05, 3.63) is 35.1 Å². The maximum atomic E-state index is 13.5. The van der Waals surface area contributed by atoms with Crippen molar-refractivity contribution < 1.29 is 23.1 Å². The summed E-state index contributed by atoms with van der Waals surface area (Å²) in [6.45, 7) is 2.67. The highest BCUT2D eigenvalue weighted by Crippen LogP contribution is 2.25. The number of carboxylic acids is 1. The van der Waals surface area contributed by atoms with Gasteiger partial charge in [0.2, 0.25) is 0 Å². The van der Waals surface area contributed by atoms with Gasteiger partial charge in [-0.3, -0.25) is 9.69 Å². The van der Waals surface area contributed by atoms with Gasteiger partial charge in [0.15, 0.2) is 11.6 Å². The van der Waals surface area contributed by atoms with Gasteiger partial charge in [0.25, 0.3) is 0 Å². The van der Waals surface area contributed by atoms with Crippen LogP contribution in [0.25, 0.3) is 0 Å². The number of nitrogens with zero attached hydrogens (tertiary/aromatic N) is 1. The summed E-state index contributed by atoms with van der Waals surface area (Å²) < 4.78 is 39.3. The fraction of sp³-hybridized carbons (Fsp3) is 0.462. The highest BCUT2D eigenvalue weighted by molar-refractivity contribution is 5.71. The van der Waals surface area contributed by atoms with Gasteiger partial charge in [-0.15, -0.1) is 0 Å². The Morgan fingerprint density at radius 1 is 1.26 bits per heavy atom. The van der Waals surface area contributed by atoms with Gasteiger partial charge in [-0.25, -0.2) is 13.2 Å². The highest BCUT2D eigenvalue weighted by Gasteiger charge is 2.34. The Hall–Kier alpha value is -1.56. The smallest absolute Gasteiger partial charge is 0.308 e. The molecule has 1 aromatic carbocycles. The Bertz CT molecular complexity index is 507. The van der Waals surface area contributed by atoms with Crippen LogP contribution in [-0.2, 0) is 11.3 Å². The molecule has 104 valence electrons. The van der Waals surface area contributed by atoms with Crippen LogP contribution in [0.2, 0.25) is 0 Å². The molecule has 1 N–H and O–H groups in total. The second-order valence-corrected chi connectivity index (χ2v) is 4.97. The summed E-state index contributed by atoms with van der Waals surface area (Å²) in [5, 5.41) is 8.99. The predicted octanol–water partition coefficient (Wildman–Crippen LogP) is 2.26. The van der Waals surface area contributed by atoms with Crippen LogP contribution in [0, 0.1) is 29.3 Å². The molecular weight excluding hydrogens is 259 g/mol. The molecule has 0 spiro atoms. The van der Waals surface area contributed by atoms with Gasteiger partial charge in [-0.1, -0.05) is 6.92 Å². The SMILES string of the molecule is CC1CN(Cc2cc(F)c(F)cc2F)CC1C(=O)O. The predicted molar refractivity (Wildman–Crippen MR) is 61.9 cm³/mol. The van der Waals surface area contributed by atoms with Crippen LogP contribution in [0.1, 0.15) is 12.5 Å². The van der Waals surface area contributed by atoms with Crippen LogP contribution >= 0.6 is 0 Å². The van der Waals surface area contributed by atoms with Crippen molar-refractivity contribution in [1.82, 2.24) is 4.90 Å². The monoisotopic (exact) mass is 273 g/mol. The third kappa shape index (κ3) is 2.89. The number of hydrogen-bond acceptors (Lipinski definition) is 2. The highest BCUT2D eigenvalue weighted by atomic mass is 19.2. The molecule has 0 aliphatic carbocycles. The zero-order valence-corrected chi connectivity index (χ0v) is 10.4. The number of hydrogen-bond donors (Lipinski definition) is 1. The summed E-state index contributed by atoms with van der Waals surface area (Å²) in [6, 6.07) is 1.34. The van der Waals surface area contributed by atoms with E-state index in [9.17, 15) is 18.0 Å². The molecule has 3 nitrogen and oxygen atoms in total. The van der Waals surface area contributed by atoms with Gasteiger partial charge in [0, 0.05) is 31.3 Å². The minimum Gasteiger partial charge on any atom is -0.481 e. The lowest BCUT2D eigenvalue weighted by molar-refractivity contribution is -0.142. The van der Waals surface area contributed by atoms with E-state index in [4.69, 9.17) is 5.11 Å². The minimum absolute atomic E-state index is 0.0390. The maximum absolute atomic E-state index is 13.5. The Balaban J connectivity index is 2.11. The van der Waals surface area contributed by atoms with Crippen molar-refractivity contribution in [2.45, 2.75) is 13.5 Å². The van der Waals surface area contributed by atoms with Gasteiger partial charge in [0.1, 0.15) is 5.82 Å². The number of carboxylic acid groups (broad SMARTS) is 1. The molecule has 2 atom stereocenters. The lowest BCUT2D eigenvalue weighted by Gasteiger charge is -2.16. The van der Waals surface area contributed by atoms with E-state index in [0.29, 0.717) is 12.6 Å². The Morgan fingerprint density at radius 3 is 2.47 bits per heavy atom. The lowest BCUT2D eigenvalue weighted by atomic mass is 9.99. The van der Waals surface area contributed by atoms with Crippen molar-refractivity contribution in [3.63, 3.8) is 0 Å². The summed E-state index contributed by atoms with van der Waals surface area (Å²) in [5.41, 5.74) is 0.0390. The molecule has 1 aromatic rings. The first-order chi connectivity index (χ1) is 8.88. The first kappa shape index (κ1) is 13.9. The molecule has 0 amide bonds. The summed E-state index contributed by atoms with van der Waals surface area (Å²) in [4.78, 5) is 12.7. The second kappa shape index (κ2) is 5.21. The average molecular weight is 273 g/mol. The van der Waals surface area contributed by atoms with Gasteiger partial charge in [-0.05, 0) is 12.0 Å². The molecule has 0 aromatic heterocycles. The molecule has 0 bridgehead atoms. The minimum atomic E-state index is -1.22. The average Bonchev–Trinajstić information content (AvgIpc) is 2.67. The van der Waals surface area contributed by atoms with E-state index in [0.717, 1.165) is 6.07 Å². The summed E-state index contributed by atoms with van der Waals surface area (Å²) in [6.07, 6.45) is 0. The third-order valence-corrected chi connectivity index (χ3v) is 3.49. The van der Waals surface area contributed by atoms with Crippen molar-refractivity contribution >= 4 is 5.97 Å². The first-order valence-electron chi connectivity index (χ1n) is 5.97. The van der Waals surface area contributed by atoms with Crippen molar-refractivity contribution in [2.24, 2.45) is 11.8 Å². The van der Waals surface area contributed by atoms with Crippen LogP contribution in [0.5, 0.6) is 0 Å². The van der Waals surface area contributed by atoms with Crippen LogP contribution in [-0.4, -0.2) is 29.1 Å². The van der Waals surface area contributed by atoms with E-state index >= 15 is 0 Å². The van der Waals surface area contributed by atoms with E-state index in [2.05, 4.69) is 0 Å². The van der Waals surface area contributed by atoms with Crippen molar-refractivity contribution in [1.29, 1.82) is 0 Å². The number of carbonyl (C=O) groups is 1. The van der Waals surface area contributed by atoms with Crippen molar-refractivity contribution in [2.75, 3.05) is 13.1 Å². The first-order valence-corrected chi connectivity index (χ1v) is 5.97. The lowest BCUT2D eigenvalue weighted by Crippen LogP contribution is -2.23. The van der Waals surface area contributed by atoms with Crippen molar-refractivity contribution in [3.8, 4) is 0 Å². The van der Waals surface area contributed by atoms with Gasteiger partial charge in [0.05, 0.1) is 5.92 Å². The summed E-state index contributed by atoms with van der Waals surface area (Å²) in [7, 11) is 0. The third-order valence-electron chi connectivity index (χ3n) is 3.49. The zero-order chi connectivity index (χ0) is 14.2. The zero-order valence-electron chi connectivity index (χ0n) is 10.4. The standard InChI is InChI=1S/C13H14F3NO2/c1-7-4-17(6-9(7)13(18)19)5-8-2-11(15)12(16)3-10(8)14/h2-3,7,9H,4-6H2,1H3,(H,18,19). The molecule has 19 heavy (non-hydrogen) atoms. The Morgan fingerprint density at radius 2 is 1.89 bits per heavy atom. The maximum Gasteiger partial charge on any atom is 0.308 e. The normalized spacial score (nSPS) is 23.8. The largest absolute Gasteiger partial charge is 0.481 e. The summed E-state index contributed by atoms with van der Waals surface area (Å²) >= 11 is 0. The van der Waals surface area contributed by atoms with Gasteiger partial charge in [-0.2, -0.15) is 0 Å². The van der Waals surface area contributed by atoms with E-state index in [1.165, 1.54) is 0 Å². The Kier molecular flexibility index (Phi) is 3.80. The molecule has 0 radical (unpaired) electrons. The van der Waals surface area contributed by atoms with Crippen LogP contribution in [0.15, 0.2) is 12.1 Å². The van der Waals surface area contributed by atoms with E-state index in [1.807, 2.05) is 0 Å². The molecule has 2 rings (SSSR count). The quantitative estimate of drug-likeness (QED) is 0.859. The van der Waals surface area contributed by atoms with Crippen LogP contribution < -0.4 is 0 Å². The fourth-order valence-corrected chi connectivity index (χ4v) is 2.44. The summed E-state index contributed by atoms with van der Waals surface area (Å²) in [5.74, 6) is -4.58. The number of halogens is 3. The number of likely N-dealkylation sites (tertiary alicyclic amines) is 1. The number of rotatable bonds is 3. The molecule has 1 aliphatic heterocycles. The molecule has 0 saturated carbocycles. The number of aliphatic carboxylic acids is 1. The van der Waals surface area contributed by atoms with E-state index in [1.54, 1.807) is 11.8 Å². The molecule has 1 fully saturated rings. The fourth-order valence-electron chi connectivity index (χ4n) is 2.44. The molecule has 2 unspecified atom stereocenters. The van der Waals surface area contributed by atoms with E-state index < -0.39 is 29.3 Å². The Labute approximate surface area is 108 Å².